The van der Waals surface area contributed by atoms with Gasteiger partial charge < -0.3 is 10.6 Å². The highest BCUT2D eigenvalue weighted by molar-refractivity contribution is 5.94. The molecule has 0 saturated heterocycles. The summed E-state index contributed by atoms with van der Waals surface area (Å²) in [7, 11) is 0. The molecule has 3 nitrogen and oxygen atoms in total. The molecule has 1 unspecified atom stereocenters. The Morgan fingerprint density at radius 3 is 2.11 bits per heavy atom. The number of anilines is 1. The topological polar surface area (TPSA) is 41.1 Å². The zero-order valence-corrected chi connectivity index (χ0v) is 10.3. The van der Waals surface area contributed by atoms with Crippen molar-refractivity contribution in [1.29, 1.82) is 0 Å². The van der Waals surface area contributed by atoms with Crippen LogP contribution in [0.4, 0.5) is 5.69 Å². The first-order chi connectivity index (χ1) is 8.75. The predicted octanol–water partition coefficient (Wildman–Crippen LogP) is 2.87. The van der Waals surface area contributed by atoms with Crippen LogP contribution in [0.15, 0.2) is 60.7 Å². The minimum Gasteiger partial charge on any atom is -0.366 e. The number of carbonyl (C=O) groups is 1. The first-order valence-corrected chi connectivity index (χ1v) is 5.93. The summed E-state index contributed by atoms with van der Waals surface area (Å²) >= 11 is 0. The van der Waals surface area contributed by atoms with E-state index in [1.165, 1.54) is 0 Å². The maximum atomic E-state index is 11.9. The van der Waals surface area contributed by atoms with Crippen molar-refractivity contribution < 1.29 is 4.79 Å². The van der Waals surface area contributed by atoms with Crippen LogP contribution in [-0.2, 0) is 0 Å². The summed E-state index contributed by atoms with van der Waals surface area (Å²) in [6.45, 7) is 1.91. The van der Waals surface area contributed by atoms with Crippen LogP contribution in [0, 0.1) is 0 Å². The Balaban J connectivity index is 1.92. The van der Waals surface area contributed by atoms with Gasteiger partial charge in [-0.2, -0.15) is 0 Å². The molecular weight excluding hydrogens is 224 g/mol. The van der Waals surface area contributed by atoms with Gasteiger partial charge in [-0.05, 0) is 31.2 Å². The SMILES string of the molecule is CC(NC(=O)c1ccccc1)Nc1ccccc1. The van der Waals surface area contributed by atoms with Crippen molar-refractivity contribution in [1.82, 2.24) is 5.32 Å². The molecule has 0 aliphatic heterocycles. The number of amides is 1. The molecule has 2 aromatic rings. The number of nitrogens with one attached hydrogen (secondary N) is 2. The molecule has 18 heavy (non-hydrogen) atoms. The highest BCUT2D eigenvalue weighted by Gasteiger charge is 2.08. The Morgan fingerprint density at radius 1 is 0.944 bits per heavy atom. The summed E-state index contributed by atoms with van der Waals surface area (Å²) in [4.78, 5) is 11.9. The third-order valence-electron chi connectivity index (χ3n) is 2.54. The van der Waals surface area contributed by atoms with E-state index >= 15 is 0 Å². The van der Waals surface area contributed by atoms with Crippen molar-refractivity contribution >= 4 is 11.6 Å². The molecule has 3 heteroatoms. The van der Waals surface area contributed by atoms with Crippen LogP contribution < -0.4 is 10.6 Å². The molecule has 0 spiro atoms. The summed E-state index contributed by atoms with van der Waals surface area (Å²) in [6.07, 6.45) is -0.125. The van der Waals surface area contributed by atoms with Crippen molar-refractivity contribution in [2.45, 2.75) is 13.1 Å². The zero-order chi connectivity index (χ0) is 12.8. The highest BCUT2D eigenvalue weighted by Crippen LogP contribution is 2.06. The van der Waals surface area contributed by atoms with E-state index in [1.54, 1.807) is 12.1 Å². The van der Waals surface area contributed by atoms with E-state index in [9.17, 15) is 4.79 Å². The van der Waals surface area contributed by atoms with Gasteiger partial charge in [-0.15, -0.1) is 0 Å². The minimum absolute atomic E-state index is 0.0773. The summed E-state index contributed by atoms with van der Waals surface area (Å²) in [5.74, 6) is -0.0773. The quantitative estimate of drug-likeness (QED) is 0.807. The third-order valence-corrected chi connectivity index (χ3v) is 2.54. The van der Waals surface area contributed by atoms with Crippen LogP contribution in [-0.4, -0.2) is 12.1 Å². The molecule has 0 aliphatic carbocycles. The van der Waals surface area contributed by atoms with Gasteiger partial charge in [-0.25, -0.2) is 0 Å². The molecule has 2 rings (SSSR count). The van der Waals surface area contributed by atoms with Crippen LogP contribution in [0.5, 0.6) is 0 Å². The maximum absolute atomic E-state index is 11.9. The van der Waals surface area contributed by atoms with Crippen molar-refractivity contribution in [3.63, 3.8) is 0 Å². The number of rotatable bonds is 4. The average Bonchev–Trinajstić information content (AvgIpc) is 2.40. The van der Waals surface area contributed by atoms with Crippen LogP contribution >= 0.6 is 0 Å². The van der Waals surface area contributed by atoms with Gasteiger partial charge in [-0.1, -0.05) is 36.4 Å². The molecule has 0 bridgehead atoms. The molecule has 0 radical (unpaired) electrons. The molecule has 0 fully saturated rings. The Labute approximate surface area is 107 Å². The van der Waals surface area contributed by atoms with Crippen LogP contribution in [0.2, 0.25) is 0 Å². The highest BCUT2D eigenvalue weighted by atomic mass is 16.1. The molecule has 0 aromatic heterocycles. The van der Waals surface area contributed by atoms with E-state index in [0.29, 0.717) is 5.56 Å². The number of hydrogen-bond acceptors (Lipinski definition) is 2. The van der Waals surface area contributed by atoms with E-state index in [4.69, 9.17) is 0 Å². The molecule has 1 atom stereocenters. The first-order valence-electron chi connectivity index (χ1n) is 5.93. The van der Waals surface area contributed by atoms with E-state index in [0.717, 1.165) is 5.69 Å². The normalized spacial score (nSPS) is 11.6. The van der Waals surface area contributed by atoms with Gasteiger partial charge in [0.1, 0.15) is 0 Å². The lowest BCUT2D eigenvalue weighted by Gasteiger charge is -2.16. The number of benzene rings is 2. The fourth-order valence-corrected chi connectivity index (χ4v) is 1.69. The monoisotopic (exact) mass is 240 g/mol. The van der Waals surface area contributed by atoms with E-state index in [-0.39, 0.29) is 12.1 Å². The molecular formula is C15H16N2O. The number of carbonyl (C=O) groups excluding carboxylic acids is 1. The van der Waals surface area contributed by atoms with Gasteiger partial charge in [0.05, 0.1) is 6.17 Å². The lowest BCUT2D eigenvalue weighted by molar-refractivity contribution is 0.0944. The second-order valence-electron chi connectivity index (χ2n) is 4.07. The smallest absolute Gasteiger partial charge is 0.252 e. The largest absolute Gasteiger partial charge is 0.366 e. The van der Waals surface area contributed by atoms with E-state index in [1.807, 2.05) is 55.5 Å². The second kappa shape index (κ2) is 5.87. The fourth-order valence-electron chi connectivity index (χ4n) is 1.69. The third kappa shape index (κ3) is 3.35. The van der Waals surface area contributed by atoms with E-state index < -0.39 is 0 Å². The van der Waals surface area contributed by atoms with Crippen molar-refractivity contribution in [2.75, 3.05) is 5.32 Å². The summed E-state index contributed by atoms with van der Waals surface area (Å²) in [6, 6.07) is 19.0. The molecule has 0 saturated carbocycles. The summed E-state index contributed by atoms with van der Waals surface area (Å²) < 4.78 is 0. The van der Waals surface area contributed by atoms with Crippen molar-refractivity contribution in [3.05, 3.63) is 66.2 Å². The number of para-hydroxylation sites is 1. The summed E-state index contributed by atoms with van der Waals surface area (Å²) in [5.41, 5.74) is 1.65. The minimum atomic E-state index is -0.125. The van der Waals surface area contributed by atoms with Crippen LogP contribution in [0.25, 0.3) is 0 Å². The lowest BCUT2D eigenvalue weighted by atomic mass is 10.2. The molecule has 2 N–H and O–H groups in total. The van der Waals surface area contributed by atoms with Crippen LogP contribution in [0.3, 0.4) is 0 Å². The molecule has 0 aliphatic rings. The molecule has 92 valence electrons. The average molecular weight is 240 g/mol. The van der Waals surface area contributed by atoms with Gasteiger partial charge >= 0.3 is 0 Å². The van der Waals surface area contributed by atoms with Crippen molar-refractivity contribution in [2.24, 2.45) is 0 Å². The zero-order valence-electron chi connectivity index (χ0n) is 10.3. The predicted molar refractivity (Wildman–Crippen MR) is 73.4 cm³/mol. The van der Waals surface area contributed by atoms with Gasteiger partial charge in [0.25, 0.3) is 5.91 Å². The Bertz CT molecular complexity index is 496. The Kier molecular flexibility index (Phi) is 3.97. The first kappa shape index (κ1) is 12.2. The summed E-state index contributed by atoms with van der Waals surface area (Å²) in [5, 5.41) is 6.11. The number of hydrogen-bond donors (Lipinski definition) is 2. The maximum Gasteiger partial charge on any atom is 0.252 e. The standard InChI is InChI=1S/C15H16N2O/c1-12(16-14-10-6-3-7-11-14)17-15(18)13-8-4-2-5-9-13/h2-12,16H,1H3,(H,17,18). The lowest BCUT2D eigenvalue weighted by Crippen LogP contribution is -2.38. The van der Waals surface area contributed by atoms with Gasteiger partial charge in [0, 0.05) is 11.3 Å². The Hall–Kier alpha value is -2.29. The van der Waals surface area contributed by atoms with Crippen molar-refractivity contribution in [3.8, 4) is 0 Å². The molecule has 1 amide bonds. The van der Waals surface area contributed by atoms with E-state index in [2.05, 4.69) is 10.6 Å². The van der Waals surface area contributed by atoms with Gasteiger partial charge in [0.15, 0.2) is 0 Å². The van der Waals surface area contributed by atoms with Gasteiger partial charge in [0.2, 0.25) is 0 Å². The molecule has 2 aromatic carbocycles. The van der Waals surface area contributed by atoms with Gasteiger partial charge in [-0.3, -0.25) is 4.79 Å². The fraction of sp³-hybridized carbons (Fsp3) is 0.133. The second-order valence-corrected chi connectivity index (χ2v) is 4.07. The van der Waals surface area contributed by atoms with Crippen LogP contribution in [0.1, 0.15) is 17.3 Å². The Morgan fingerprint density at radius 2 is 1.50 bits per heavy atom. The molecule has 0 heterocycles.